The molecule has 2 fully saturated rings. The smallest absolute Gasteiger partial charge is 0.319 e. The summed E-state index contributed by atoms with van der Waals surface area (Å²) >= 11 is 0. The first-order valence-corrected chi connectivity index (χ1v) is 6.41. The summed E-state index contributed by atoms with van der Waals surface area (Å²) in [6.45, 7) is 2.47. The van der Waals surface area contributed by atoms with E-state index in [9.17, 15) is 9.59 Å². The highest BCUT2D eigenvalue weighted by Crippen LogP contribution is 2.27. The van der Waals surface area contributed by atoms with Crippen LogP contribution in [0.3, 0.4) is 0 Å². The fourth-order valence-corrected chi connectivity index (χ4v) is 2.59. The second-order valence-electron chi connectivity index (χ2n) is 4.63. The number of carbonyl (C=O) groups is 2. The SMILES string of the molecule is O=C1NCCN1C(c1ccccc1)N1CCNC1=O. The van der Waals surface area contributed by atoms with Crippen LogP contribution in [0, 0.1) is 0 Å². The molecule has 0 aromatic heterocycles. The molecule has 0 atom stereocenters. The largest absolute Gasteiger partial charge is 0.336 e. The summed E-state index contributed by atoms with van der Waals surface area (Å²) in [6.07, 6.45) is -0.328. The van der Waals surface area contributed by atoms with Crippen molar-refractivity contribution in [2.24, 2.45) is 0 Å². The molecule has 0 spiro atoms. The van der Waals surface area contributed by atoms with Crippen molar-refractivity contribution in [3.8, 4) is 0 Å². The number of nitrogens with one attached hydrogen (secondary N) is 2. The Morgan fingerprint density at radius 3 is 1.84 bits per heavy atom. The Bertz CT molecular complexity index is 465. The van der Waals surface area contributed by atoms with Gasteiger partial charge >= 0.3 is 12.1 Å². The minimum absolute atomic E-state index is 0.117. The highest BCUT2D eigenvalue weighted by Gasteiger charge is 2.37. The Morgan fingerprint density at radius 2 is 1.42 bits per heavy atom. The van der Waals surface area contributed by atoms with Gasteiger partial charge in [0.2, 0.25) is 0 Å². The topological polar surface area (TPSA) is 64.7 Å². The Kier molecular flexibility index (Phi) is 2.98. The Balaban J connectivity index is 1.95. The molecule has 0 bridgehead atoms. The van der Waals surface area contributed by atoms with E-state index < -0.39 is 0 Å². The quantitative estimate of drug-likeness (QED) is 0.841. The molecule has 2 aliphatic rings. The zero-order valence-corrected chi connectivity index (χ0v) is 10.5. The first-order valence-electron chi connectivity index (χ1n) is 6.41. The van der Waals surface area contributed by atoms with Crippen LogP contribution in [0.25, 0.3) is 0 Å². The molecule has 4 amide bonds. The lowest BCUT2D eigenvalue weighted by molar-refractivity contribution is 0.115. The van der Waals surface area contributed by atoms with Crippen LogP contribution in [-0.2, 0) is 0 Å². The highest BCUT2D eigenvalue weighted by molar-refractivity contribution is 5.80. The summed E-state index contributed by atoms with van der Waals surface area (Å²) in [7, 11) is 0. The number of amides is 4. The molecule has 1 aromatic rings. The third-order valence-corrected chi connectivity index (χ3v) is 3.47. The van der Waals surface area contributed by atoms with E-state index in [2.05, 4.69) is 10.6 Å². The number of carbonyl (C=O) groups excluding carboxylic acids is 2. The number of urea groups is 2. The molecule has 2 aliphatic heterocycles. The molecule has 100 valence electrons. The lowest BCUT2D eigenvalue weighted by Crippen LogP contribution is -2.44. The van der Waals surface area contributed by atoms with E-state index in [0.29, 0.717) is 26.2 Å². The van der Waals surface area contributed by atoms with E-state index in [1.54, 1.807) is 9.80 Å². The van der Waals surface area contributed by atoms with Crippen molar-refractivity contribution in [2.75, 3.05) is 26.2 Å². The van der Waals surface area contributed by atoms with Crippen LogP contribution >= 0.6 is 0 Å². The van der Waals surface area contributed by atoms with E-state index >= 15 is 0 Å². The third kappa shape index (κ3) is 2.09. The molecule has 19 heavy (non-hydrogen) atoms. The van der Waals surface area contributed by atoms with Gasteiger partial charge in [0.25, 0.3) is 0 Å². The summed E-state index contributed by atoms with van der Waals surface area (Å²) in [5.74, 6) is 0. The summed E-state index contributed by atoms with van der Waals surface area (Å²) in [5.41, 5.74) is 0.955. The van der Waals surface area contributed by atoms with Gasteiger partial charge in [-0.25, -0.2) is 9.59 Å². The Labute approximate surface area is 111 Å². The molecule has 1 aromatic carbocycles. The summed E-state index contributed by atoms with van der Waals surface area (Å²) in [4.78, 5) is 27.2. The van der Waals surface area contributed by atoms with Crippen molar-refractivity contribution in [3.05, 3.63) is 35.9 Å². The van der Waals surface area contributed by atoms with Crippen molar-refractivity contribution in [2.45, 2.75) is 6.17 Å². The minimum Gasteiger partial charge on any atom is -0.336 e. The molecular weight excluding hydrogens is 244 g/mol. The van der Waals surface area contributed by atoms with Gasteiger partial charge < -0.3 is 10.6 Å². The van der Waals surface area contributed by atoms with Gasteiger partial charge in [-0.3, -0.25) is 9.80 Å². The highest BCUT2D eigenvalue weighted by atomic mass is 16.2. The van der Waals surface area contributed by atoms with Crippen molar-refractivity contribution in [1.29, 1.82) is 0 Å². The number of benzene rings is 1. The molecule has 2 saturated heterocycles. The maximum atomic E-state index is 11.9. The number of rotatable bonds is 3. The normalized spacial score (nSPS) is 19.0. The van der Waals surface area contributed by atoms with Crippen molar-refractivity contribution >= 4 is 12.1 Å². The van der Waals surface area contributed by atoms with E-state index in [1.807, 2.05) is 30.3 Å². The molecule has 6 nitrogen and oxygen atoms in total. The first kappa shape index (κ1) is 11.8. The maximum Gasteiger partial charge on any atom is 0.319 e. The second-order valence-corrected chi connectivity index (χ2v) is 4.63. The Hall–Kier alpha value is -2.24. The van der Waals surface area contributed by atoms with Crippen LogP contribution in [0.4, 0.5) is 9.59 Å². The summed E-state index contributed by atoms with van der Waals surface area (Å²) in [5, 5.41) is 5.57. The van der Waals surface area contributed by atoms with Crippen LogP contribution in [0.5, 0.6) is 0 Å². The predicted octanol–water partition coefficient (Wildman–Crippen LogP) is 0.736. The van der Waals surface area contributed by atoms with Crippen molar-refractivity contribution in [3.63, 3.8) is 0 Å². The van der Waals surface area contributed by atoms with Crippen LogP contribution in [0.1, 0.15) is 11.7 Å². The van der Waals surface area contributed by atoms with Gasteiger partial charge in [-0.2, -0.15) is 0 Å². The van der Waals surface area contributed by atoms with E-state index in [4.69, 9.17) is 0 Å². The molecule has 6 heteroatoms. The summed E-state index contributed by atoms with van der Waals surface area (Å²) in [6, 6.07) is 9.43. The maximum absolute atomic E-state index is 11.9. The standard InChI is InChI=1S/C13H16N4O2/c18-12-14-6-8-16(12)11(10-4-2-1-3-5-10)17-9-7-15-13(17)19/h1-5,11H,6-9H2,(H,14,18)(H,15,19). The zero-order chi connectivity index (χ0) is 13.2. The molecule has 0 unspecified atom stereocenters. The van der Waals surface area contributed by atoms with E-state index in [1.165, 1.54) is 0 Å². The number of hydrogen-bond acceptors (Lipinski definition) is 2. The fourth-order valence-electron chi connectivity index (χ4n) is 2.59. The Morgan fingerprint density at radius 1 is 0.895 bits per heavy atom. The average molecular weight is 260 g/mol. The average Bonchev–Trinajstić information content (AvgIpc) is 3.02. The molecular formula is C13H16N4O2. The monoisotopic (exact) mass is 260 g/mol. The van der Waals surface area contributed by atoms with Crippen molar-refractivity contribution in [1.82, 2.24) is 20.4 Å². The van der Waals surface area contributed by atoms with Crippen LogP contribution in [0.15, 0.2) is 30.3 Å². The predicted molar refractivity (Wildman–Crippen MR) is 69.4 cm³/mol. The zero-order valence-electron chi connectivity index (χ0n) is 10.5. The van der Waals surface area contributed by atoms with Crippen LogP contribution in [0.2, 0.25) is 0 Å². The van der Waals surface area contributed by atoms with Gasteiger partial charge in [0, 0.05) is 26.2 Å². The molecule has 2 N–H and O–H groups in total. The van der Waals surface area contributed by atoms with Crippen LogP contribution in [-0.4, -0.2) is 48.0 Å². The van der Waals surface area contributed by atoms with Gasteiger partial charge in [-0.05, 0) is 5.56 Å². The molecule has 0 aliphatic carbocycles. The fraction of sp³-hybridized carbons (Fsp3) is 0.385. The lowest BCUT2D eigenvalue weighted by Gasteiger charge is -2.34. The van der Waals surface area contributed by atoms with E-state index in [-0.39, 0.29) is 18.2 Å². The van der Waals surface area contributed by atoms with Gasteiger partial charge in [-0.1, -0.05) is 30.3 Å². The van der Waals surface area contributed by atoms with Gasteiger partial charge in [0.1, 0.15) is 6.17 Å². The first-order chi connectivity index (χ1) is 9.27. The van der Waals surface area contributed by atoms with Gasteiger partial charge in [0.15, 0.2) is 0 Å². The summed E-state index contributed by atoms with van der Waals surface area (Å²) < 4.78 is 0. The van der Waals surface area contributed by atoms with Crippen LogP contribution < -0.4 is 10.6 Å². The number of hydrogen-bond donors (Lipinski definition) is 2. The molecule has 0 radical (unpaired) electrons. The van der Waals surface area contributed by atoms with Gasteiger partial charge in [-0.15, -0.1) is 0 Å². The molecule has 2 heterocycles. The minimum atomic E-state index is -0.328. The van der Waals surface area contributed by atoms with Crippen molar-refractivity contribution < 1.29 is 9.59 Å². The van der Waals surface area contributed by atoms with Gasteiger partial charge in [0.05, 0.1) is 0 Å². The lowest BCUT2D eigenvalue weighted by atomic mass is 10.1. The molecule has 0 saturated carbocycles. The number of nitrogens with zero attached hydrogens (tertiary/aromatic N) is 2. The third-order valence-electron chi connectivity index (χ3n) is 3.47. The second kappa shape index (κ2) is 4.79. The molecule has 3 rings (SSSR count). The van der Waals surface area contributed by atoms with E-state index in [0.717, 1.165) is 5.56 Å².